The van der Waals surface area contributed by atoms with Crippen molar-refractivity contribution in [3.63, 3.8) is 0 Å². The first-order chi connectivity index (χ1) is 19.2. The van der Waals surface area contributed by atoms with E-state index in [-0.39, 0.29) is 5.75 Å². The Bertz CT molecular complexity index is 1670. The Labute approximate surface area is 229 Å². The minimum absolute atomic E-state index is 0.222. The molecule has 6 aromatic rings. The van der Waals surface area contributed by atoms with Gasteiger partial charge < -0.3 is 9.84 Å². The average Bonchev–Trinajstić information content (AvgIpc) is 3.02. The molecule has 2 nitrogen and oxygen atoms in total. The van der Waals surface area contributed by atoms with E-state index in [9.17, 15) is 5.11 Å². The second-order valence-corrected chi connectivity index (χ2v) is 9.44. The van der Waals surface area contributed by atoms with Crippen LogP contribution in [0.5, 0.6) is 11.5 Å². The summed E-state index contributed by atoms with van der Waals surface area (Å²) in [5, 5.41) is 12.1. The van der Waals surface area contributed by atoms with Crippen molar-refractivity contribution in [3.8, 4) is 67.1 Å². The van der Waals surface area contributed by atoms with Gasteiger partial charge in [-0.3, -0.25) is 0 Å². The van der Waals surface area contributed by atoms with Crippen LogP contribution in [-0.4, -0.2) is 12.2 Å². The highest BCUT2D eigenvalue weighted by Crippen LogP contribution is 2.49. The number of aromatic hydroxyl groups is 1. The first-order valence-electron chi connectivity index (χ1n) is 13.0. The molecule has 0 bridgehead atoms. The van der Waals surface area contributed by atoms with Gasteiger partial charge in [0.1, 0.15) is 11.5 Å². The molecule has 188 valence electrons. The van der Waals surface area contributed by atoms with Crippen molar-refractivity contribution in [3.05, 3.63) is 146 Å². The van der Waals surface area contributed by atoms with Gasteiger partial charge in [0.2, 0.25) is 0 Å². The molecule has 39 heavy (non-hydrogen) atoms. The van der Waals surface area contributed by atoms with Gasteiger partial charge in [-0.05, 0) is 51.1 Å². The molecular weight excluding hydrogens is 476 g/mol. The van der Waals surface area contributed by atoms with Gasteiger partial charge in [0.25, 0.3) is 0 Å². The lowest BCUT2D eigenvalue weighted by atomic mass is 9.85. The molecule has 0 amide bonds. The molecule has 0 atom stereocenters. The Balaban J connectivity index is 1.67. The average molecular weight is 505 g/mol. The molecule has 0 unspecified atom stereocenters. The topological polar surface area (TPSA) is 29.5 Å². The van der Waals surface area contributed by atoms with Crippen LogP contribution >= 0.6 is 0 Å². The van der Waals surface area contributed by atoms with Gasteiger partial charge in [-0.1, -0.05) is 133 Å². The maximum absolute atomic E-state index is 12.1. The summed E-state index contributed by atoms with van der Waals surface area (Å²) in [6.07, 6.45) is 0. The Morgan fingerprint density at radius 2 is 0.821 bits per heavy atom. The van der Waals surface area contributed by atoms with E-state index in [0.29, 0.717) is 5.75 Å². The van der Waals surface area contributed by atoms with Gasteiger partial charge in [-0.2, -0.15) is 0 Å². The minimum Gasteiger partial charge on any atom is -0.507 e. The number of methoxy groups -OCH3 is 1. The van der Waals surface area contributed by atoms with Crippen LogP contribution in [0.1, 0.15) is 0 Å². The number of phenolic OH excluding ortho intramolecular Hbond substituents is 1. The van der Waals surface area contributed by atoms with Crippen molar-refractivity contribution >= 4 is 0 Å². The fraction of sp³-hybridized carbons (Fsp3) is 0.0270. The summed E-state index contributed by atoms with van der Waals surface area (Å²) in [4.78, 5) is 0. The van der Waals surface area contributed by atoms with Crippen LogP contribution in [-0.2, 0) is 0 Å². The van der Waals surface area contributed by atoms with Gasteiger partial charge in [0, 0.05) is 16.7 Å². The highest BCUT2D eigenvalue weighted by Gasteiger charge is 2.22. The third-order valence-corrected chi connectivity index (χ3v) is 7.12. The van der Waals surface area contributed by atoms with E-state index in [0.717, 1.165) is 55.6 Å². The Morgan fingerprint density at radius 1 is 0.410 bits per heavy atom. The van der Waals surface area contributed by atoms with Gasteiger partial charge in [0.15, 0.2) is 0 Å². The van der Waals surface area contributed by atoms with Gasteiger partial charge >= 0.3 is 0 Å². The van der Waals surface area contributed by atoms with Crippen LogP contribution in [0.2, 0.25) is 0 Å². The molecule has 0 spiro atoms. The van der Waals surface area contributed by atoms with E-state index in [1.54, 1.807) is 7.11 Å². The van der Waals surface area contributed by atoms with Gasteiger partial charge in [0.05, 0.1) is 7.11 Å². The summed E-state index contributed by atoms with van der Waals surface area (Å²) in [6, 6.07) is 49.3. The number of hydrogen-bond donors (Lipinski definition) is 1. The number of rotatable bonds is 6. The molecule has 6 rings (SSSR count). The van der Waals surface area contributed by atoms with Crippen molar-refractivity contribution in [2.24, 2.45) is 0 Å². The zero-order valence-electron chi connectivity index (χ0n) is 21.7. The standard InChI is InChI=1S/C37H28O2/c1-39-29-24-34(33-21-12-11-20-30(33)26-14-5-2-6-15-26)37(38)35(25-29)36-31(27-16-7-3-8-17-27)22-13-23-32(36)28-18-9-4-10-19-28/h2-25,38H,1H3. The molecule has 0 aliphatic carbocycles. The van der Waals surface area contributed by atoms with Crippen LogP contribution in [0.25, 0.3) is 55.6 Å². The lowest BCUT2D eigenvalue weighted by Gasteiger charge is -2.20. The van der Waals surface area contributed by atoms with Gasteiger partial charge in [-0.25, -0.2) is 0 Å². The van der Waals surface area contributed by atoms with Crippen LogP contribution in [0.3, 0.4) is 0 Å². The third kappa shape index (κ3) is 4.69. The van der Waals surface area contributed by atoms with E-state index < -0.39 is 0 Å². The Hall–Kier alpha value is -5.08. The summed E-state index contributed by atoms with van der Waals surface area (Å²) in [6.45, 7) is 0. The van der Waals surface area contributed by atoms with E-state index >= 15 is 0 Å². The van der Waals surface area contributed by atoms with Crippen molar-refractivity contribution in [2.75, 3.05) is 7.11 Å². The zero-order valence-corrected chi connectivity index (χ0v) is 21.7. The summed E-state index contributed by atoms with van der Waals surface area (Å²) in [5.74, 6) is 0.905. The highest BCUT2D eigenvalue weighted by atomic mass is 16.5. The molecule has 0 aliphatic heterocycles. The molecule has 1 N–H and O–H groups in total. The lowest BCUT2D eigenvalue weighted by molar-refractivity contribution is 0.413. The van der Waals surface area contributed by atoms with Crippen molar-refractivity contribution in [1.82, 2.24) is 0 Å². The van der Waals surface area contributed by atoms with Crippen LogP contribution in [0.4, 0.5) is 0 Å². The summed E-state index contributed by atoms with van der Waals surface area (Å²) in [7, 11) is 1.67. The van der Waals surface area contributed by atoms with Crippen LogP contribution < -0.4 is 4.74 Å². The molecule has 6 aromatic carbocycles. The van der Waals surface area contributed by atoms with E-state index in [1.165, 1.54) is 0 Å². The molecular formula is C37H28O2. The second-order valence-electron chi connectivity index (χ2n) is 9.44. The summed E-state index contributed by atoms with van der Waals surface area (Å²) in [5.41, 5.74) is 9.75. The number of hydrogen-bond acceptors (Lipinski definition) is 2. The van der Waals surface area contributed by atoms with E-state index in [4.69, 9.17) is 4.74 Å². The first kappa shape index (κ1) is 24.3. The Kier molecular flexibility index (Phi) is 6.67. The van der Waals surface area contributed by atoms with Crippen LogP contribution in [0.15, 0.2) is 146 Å². The van der Waals surface area contributed by atoms with Gasteiger partial charge in [-0.15, -0.1) is 0 Å². The largest absolute Gasteiger partial charge is 0.507 e. The lowest BCUT2D eigenvalue weighted by Crippen LogP contribution is -1.95. The zero-order chi connectivity index (χ0) is 26.6. The predicted molar refractivity (Wildman–Crippen MR) is 162 cm³/mol. The summed E-state index contributed by atoms with van der Waals surface area (Å²) < 4.78 is 5.82. The minimum atomic E-state index is 0.222. The molecule has 0 aliphatic rings. The quantitative estimate of drug-likeness (QED) is 0.245. The molecule has 0 saturated carbocycles. The molecule has 0 heterocycles. The SMILES string of the molecule is COc1cc(-c2ccccc2-c2ccccc2)c(O)c(-c2c(-c3ccccc3)cccc2-c2ccccc2)c1. The smallest absolute Gasteiger partial charge is 0.131 e. The monoisotopic (exact) mass is 504 g/mol. The maximum atomic E-state index is 12.1. The third-order valence-electron chi connectivity index (χ3n) is 7.12. The fourth-order valence-corrected chi connectivity index (χ4v) is 5.27. The van der Waals surface area contributed by atoms with Crippen molar-refractivity contribution in [2.45, 2.75) is 0 Å². The molecule has 0 fully saturated rings. The second kappa shape index (κ2) is 10.7. The fourth-order valence-electron chi connectivity index (χ4n) is 5.27. The predicted octanol–water partition coefficient (Wildman–Crippen LogP) is 9.74. The molecule has 0 radical (unpaired) electrons. The maximum Gasteiger partial charge on any atom is 0.131 e. The molecule has 0 aromatic heterocycles. The molecule has 0 saturated heterocycles. The Morgan fingerprint density at radius 3 is 1.33 bits per heavy atom. The normalized spacial score (nSPS) is 10.8. The summed E-state index contributed by atoms with van der Waals surface area (Å²) >= 11 is 0. The molecule has 2 heteroatoms. The van der Waals surface area contributed by atoms with E-state index in [1.807, 2.05) is 78.9 Å². The van der Waals surface area contributed by atoms with Crippen LogP contribution in [0, 0.1) is 0 Å². The van der Waals surface area contributed by atoms with Crippen molar-refractivity contribution in [1.29, 1.82) is 0 Å². The van der Waals surface area contributed by atoms with Crippen molar-refractivity contribution < 1.29 is 9.84 Å². The number of benzene rings is 6. The highest BCUT2D eigenvalue weighted by molar-refractivity contribution is 6.00. The number of ether oxygens (including phenoxy) is 1. The first-order valence-corrected chi connectivity index (χ1v) is 13.0. The number of phenols is 1. The van der Waals surface area contributed by atoms with E-state index in [2.05, 4.69) is 66.7 Å².